The number of para-hydroxylation sites is 2. The van der Waals surface area contributed by atoms with E-state index in [2.05, 4.69) is 22.8 Å². The molecular formula is C33H36N4O2. The van der Waals surface area contributed by atoms with Crippen molar-refractivity contribution in [3.63, 3.8) is 0 Å². The fourth-order valence-electron chi connectivity index (χ4n) is 6.15. The number of carbonyl (C=O) groups excluding carboxylic acids is 2. The molecule has 0 unspecified atom stereocenters. The number of Topliss-reactive ketones (excluding diaryl/α,β-unsaturated/α-hetero) is 2. The van der Waals surface area contributed by atoms with Gasteiger partial charge in [0.2, 0.25) is 0 Å². The highest BCUT2D eigenvalue weighted by molar-refractivity contribution is 6.10. The van der Waals surface area contributed by atoms with Crippen molar-refractivity contribution in [1.29, 1.82) is 0 Å². The van der Waals surface area contributed by atoms with Gasteiger partial charge in [-0.1, -0.05) is 55.7 Å². The summed E-state index contributed by atoms with van der Waals surface area (Å²) < 4.78 is 0. The molecule has 2 aliphatic carbocycles. The van der Waals surface area contributed by atoms with Crippen molar-refractivity contribution in [2.24, 2.45) is 0 Å². The molecule has 6 nitrogen and oxygen atoms in total. The van der Waals surface area contributed by atoms with Crippen LogP contribution in [0.1, 0.15) is 89.9 Å². The summed E-state index contributed by atoms with van der Waals surface area (Å²) in [5.41, 5.74) is 7.41. The molecule has 0 radical (unpaired) electrons. The second-order valence-corrected chi connectivity index (χ2v) is 10.8. The summed E-state index contributed by atoms with van der Waals surface area (Å²) in [5.74, 6) is 0.434. The lowest BCUT2D eigenvalue weighted by molar-refractivity contribution is 0.0964. The van der Waals surface area contributed by atoms with Gasteiger partial charge in [-0.05, 0) is 50.7 Å². The van der Waals surface area contributed by atoms with E-state index in [9.17, 15) is 9.59 Å². The summed E-state index contributed by atoms with van der Waals surface area (Å²) in [7, 11) is 0. The van der Waals surface area contributed by atoms with Gasteiger partial charge in [0.15, 0.2) is 11.6 Å². The smallest absolute Gasteiger partial charge is 0.166 e. The molecular weight excluding hydrogens is 484 g/mol. The summed E-state index contributed by atoms with van der Waals surface area (Å²) in [6.07, 6.45) is 10.3. The Hall–Kier alpha value is -3.80. The SMILES string of the molecule is O=C1CCCc2nc3ccccc3c(NCCCCCCCNc3c4c(nc5ccccc35)CCCC4=O)c21. The van der Waals surface area contributed by atoms with Gasteiger partial charge in [0.25, 0.3) is 0 Å². The Labute approximate surface area is 229 Å². The largest absolute Gasteiger partial charge is 0.384 e. The van der Waals surface area contributed by atoms with Crippen LogP contribution in [-0.2, 0) is 12.8 Å². The van der Waals surface area contributed by atoms with E-state index in [4.69, 9.17) is 9.97 Å². The second kappa shape index (κ2) is 11.5. The fraction of sp³-hybridized carbons (Fsp3) is 0.394. The predicted molar refractivity (Wildman–Crippen MR) is 158 cm³/mol. The monoisotopic (exact) mass is 520 g/mol. The summed E-state index contributed by atoms with van der Waals surface area (Å²) in [4.78, 5) is 35.1. The molecule has 2 aromatic heterocycles. The number of carbonyl (C=O) groups is 2. The highest BCUT2D eigenvalue weighted by Crippen LogP contribution is 2.34. The Kier molecular flexibility index (Phi) is 7.53. The number of nitrogens with zero attached hydrogens (tertiary/aromatic N) is 2. The van der Waals surface area contributed by atoms with Gasteiger partial charge in [0.1, 0.15) is 0 Å². The third kappa shape index (κ3) is 5.25. The van der Waals surface area contributed by atoms with E-state index in [1.54, 1.807) is 0 Å². The van der Waals surface area contributed by atoms with Crippen LogP contribution in [0, 0.1) is 0 Å². The lowest BCUT2D eigenvalue weighted by Crippen LogP contribution is -2.17. The highest BCUT2D eigenvalue weighted by Gasteiger charge is 2.25. The lowest BCUT2D eigenvalue weighted by atomic mass is 9.91. The van der Waals surface area contributed by atoms with Crippen LogP contribution in [0.2, 0.25) is 0 Å². The van der Waals surface area contributed by atoms with Crippen LogP contribution in [0.25, 0.3) is 21.8 Å². The molecule has 0 atom stereocenters. The van der Waals surface area contributed by atoms with E-state index in [1.807, 2.05) is 36.4 Å². The summed E-state index contributed by atoms with van der Waals surface area (Å²) in [6.45, 7) is 1.70. The molecule has 4 aromatic rings. The van der Waals surface area contributed by atoms with Crippen LogP contribution in [-0.4, -0.2) is 34.6 Å². The molecule has 0 aliphatic heterocycles. The number of unbranched alkanes of at least 4 members (excludes halogenated alkanes) is 4. The Bertz CT molecular complexity index is 1430. The van der Waals surface area contributed by atoms with Crippen molar-refractivity contribution < 1.29 is 9.59 Å². The number of benzene rings is 2. The molecule has 2 aromatic carbocycles. The average molecular weight is 521 g/mol. The molecule has 0 bridgehead atoms. The van der Waals surface area contributed by atoms with Crippen molar-refractivity contribution >= 4 is 44.7 Å². The van der Waals surface area contributed by atoms with Crippen molar-refractivity contribution in [2.45, 2.75) is 70.6 Å². The van der Waals surface area contributed by atoms with Crippen molar-refractivity contribution in [3.05, 3.63) is 71.0 Å². The maximum Gasteiger partial charge on any atom is 0.166 e. The number of nitrogens with one attached hydrogen (secondary N) is 2. The van der Waals surface area contributed by atoms with Gasteiger partial charge in [-0.3, -0.25) is 19.6 Å². The number of pyridine rings is 2. The summed E-state index contributed by atoms with van der Waals surface area (Å²) in [6, 6.07) is 16.3. The van der Waals surface area contributed by atoms with Crippen molar-refractivity contribution in [2.75, 3.05) is 23.7 Å². The maximum absolute atomic E-state index is 12.7. The third-order valence-corrected chi connectivity index (χ3v) is 8.08. The number of hydrogen-bond acceptors (Lipinski definition) is 6. The zero-order chi connectivity index (χ0) is 26.6. The minimum Gasteiger partial charge on any atom is -0.384 e. The van der Waals surface area contributed by atoms with E-state index in [0.29, 0.717) is 12.8 Å². The van der Waals surface area contributed by atoms with Crippen LogP contribution < -0.4 is 10.6 Å². The Morgan fingerprint density at radius 1 is 0.564 bits per heavy atom. The normalized spacial score (nSPS) is 14.9. The first-order valence-electron chi connectivity index (χ1n) is 14.6. The minimum atomic E-state index is 0.217. The zero-order valence-electron chi connectivity index (χ0n) is 22.5. The van der Waals surface area contributed by atoms with Crippen molar-refractivity contribution in [3.8, 4) is 0 Å². The number of anilines is 2. The maximum atomic E-state index is 12.7. The summed E-state index contributed by atoms with van der Waals surface area (Å²) >= 11 is 0. The number of rotatable bonds is 10. The van der Waals surface area contributed by atoms with Gasteiger partial charge < -0.3 is 10.6 Å². The first-order chi connectivity index (χ1) is 19.2. The first-order valence-corrected chi connectivity index (χ1v) is 14.6. The number of hydrogen-bond donors (Lipinski definition) is 2. The average Bonchev–Trinajstić information content (AvgIpc) is 2.95. The number of aromatic nitrogens is 2. The van der Waals surface area contributed by atoms with Gasteiger partial charge in [-0.25, -0.2) is 0 Å². The quantitative estimate of drug-likeness (QED) is 0.214. The van der Waals surface area contributed by atoms with Gasteiger partial charge in [0.05, 0.1) is 44.9 Å². The standard InChI is InChI=1S/C33H36N4O2/c38-28-18-10-16-26-30(28)32(22-12-4-6-14-24(22)36-26)34-20-8-2-1-3-9-21-35-33-23-13-5-7-15-25(23)37-27-17-11-19-29(39)31(27)33/h4-7,12-15H,1-3,8-11,16-21H2,(H,34,36)(H,35,37). The first kappa shape index (κ1) is 25.5. The van der Waals surface area contributed by atoms with Gasteiger partial charge in [0, 0.05) is 36.7 Å². The van der Waals surface area contributed by atoms with Crippen LogP contribution in [0.15, 0.2) is 48.5 Å². The molecule has 0 saturated carbocycles. The van der Waals surface area contributed by atoms with Gasteiger partial charge >= 0.3 is 0 Å². The van der Waals surface area contributed by atoms with Gasteiger partial charge in [-0.15, -0.1) is 0 Å². The Morgan fingerprint density at radius 3 is 1.49 bits per heavy atom. The second-order valence-electron chi connectivity index (χ2n) is 10.8. The number of fused-ring (bicyclic) bond motifs is 4. The molecule has 6 rings (SSSR count). The molecule has 0 saturated heterocycles. The third-order valence-electron chi connectivity index (χ3n) is 8.08. The molecule has 0 spiro atoms. The minimum absolute atomic E-state index is 0.217. The van der Waals surface area contributed by atoms with E-state index in [-0.39, 0.29) is 11.6 Å². The summed E-state index contributed by atoms with van der Waals surface area (Å²) in [5, 5.41) is 9.30. The fourth-order valence-corrected chi connectivity index (χ4v) is 6.15. The van der Waals surface area contributed by atoms with E-state index >= 15 is 0 Å². The number of ketones is 2. The molecule has 2 N–H and O–H groups in total. The van der Waals surface area contributed by atoms with E-state index in [0.717, 1.165) is 127 Å². The Balaban J connectivity index is 1.01. The molecule has 2 aliphatic rings. The van der Waals surface area contributed by atoms with Crippen LogP contribution in [0.5, 0.6) is 0 Å². The van der Waals surface area contributed by atoms with Crippen LogP contribution >= 0.6 is 0 Å². The zero-order valence-corrected chi connectivity index (χ0v) is 22.5. The van der Waals surface area contributed by atoms with Crippen molar-refractivity contribution in [1.82, 2.24) is 9.97 Å². The molecule has 2 heterocycles. The highest BCUT2D eigenvalue weighted by atomic mass is 16.1. The molecule has 6 heteroatoms. The topological polar surface area (TPSA) is 84.0 Å². The van der Waals surface area contributed by atoms with E-state index in [1.165, 1.54) is 0 Å². The predicted octanol–water partition coefficient (Wildman–Crippen LogP) is 7.30. The van der Waals surface area contributed by atoms with Crippen LogP contribution in [0.3, 0.4) is 0 Å². The van der Waals surface area contributed by atoms with E-state index < -0.39 is 0 Å². The number of aryl methyl sites for hydroxylation is 2. The molecule has 200 valence electrons. The lowest BCUT2D eigenvalue weighted by Gasteiger charge is -2.21. The molecule has 39 heavy (non-hydrogen) atoms. The van der Waals surface area contributed by atoms with Crippen LogP contribution in [0.4, 0.5) is 11.4 Å². The Morgan fingerprint density at radius 2 is 1.00 bits per heavy atom. The molecule has 0 fully saturated rings. The molecule has 0 amide bonds. The van der Waals surface area contributed by atoms with Gasteiger partial charge in [-0.2, -0.15) is 0 Å².